The summed E-state index contributed by atoms with van der Waals surface area (Å²) in [7, 11) is 0. The van der Waals surface area contributed by atoms with Gasteiger partial charge in [-0.3, -0.25) is 0 Å². The van der Waals surface area contributed by atoms with Crippen LogP contribution in [0.25, 0.3) is 10.9 Å². The van der Waals surface area contributed by atoms with Gasteiger partial charge in [0.25, 0.3) is 0 Å². The molecule has 0 N–H and O–H groups in total. The first-order chi connectivity index (χ1) is 7.77. The van der Waals surface area contributed by atoms with Crippen molar-refractivity contribution in [3.05, 3.63) is 40.0 Å². The standard InChI is InChI=1S/C13H12ClNO/c1-8-3-2-4-10-12(14)9-5-6-16-7-11(9)15-13(8)10/h2-4H,5-7H2,1H3. The number of para-hydroxylation sites is 1. The minimum Gasteiger partial charge on any atom is -0.375 e. The topological polar surface area (TPSA) is 22.1 Å². The first kappa shape index (κ1) is 10.1. The van der Waals surface area contributed by atoms with Gasteiger partial charge in [0.15, 0.2) is 0 Å². The summed E-state index contributed by atoms with van der Waals surface area (Å²) in [6.07, 6.45) is 0.866. The van der Waals surface area contributed by atoms with E-state index < -0.39 is 0 Å². The molecule has 16 heavy (non-hydrogen) atoms. The van der Waals surface area contributed by atoms with E-state index >= 15 is 0 Å². The van der Waals surface area contributed by atoms with Gasteiger partial charge in [-0.2, -0.15) is 0 Å². The van der Waals surface area contributed by atoms with Crippen LogP contribution in [0.1, 0.15) is 16.8 Å². The second-order valence-corrected chi connectivity index (χ2v) is 4.50. The number of fused-ring (bicyclic) bond motifs is 2. The van der Waals surface area contributed by atoms with Gasteiger partial charge in [0, 0.05) is 5.39 Å². The van der Waals surface area contributed by atoms with Crippen molar-refractivity contribution in [2.24, 2.45) is 0 Å². The Morgan fingerprint density at radius 2 is 2.25 bits per heavy atom. The minimum absolute atomic E-state index is 0.583. The van der Waals surface area contributed by atoms with Crippen LogP contribution in [0, 0.1) is 6.92 Å². The van der Waals surface area contributed by atoms with E-state index in [-0.39, 0.29) is 0 Å². The Kier molecular flexibility index (Phi) is 2.34. The summed E-state index contributed by atoms with van der Waals surface area (Å²) in [5, 5.41) is 1.91. The fraction of sp³-hybridized carbons (Fsp3) is 0.308. The lowest BCUT2D eigenvalue weighted by molar-refractivity contribution is 0.108. The number of nitrogens with zero attached hydrogens (tertiary/aromatic N) is 1. The molecule has 0 unspecified atom stereocenters. The molecule has 0 radical (unpaired) electrons. The second kappa shape index (κ2) is 3.72. The highest BCUT2D eigenvalue weighted by Gasteiger charge is 2.17. The number of pyridine rings is 1. The molecule has 0 bridgehead atoms. The summed E-state index contributed by atoms with van der Waals surface area (Å²) in [5.41, 5.74) is 4.31. The normalized spacial score (nSPS) is 15.1. The summed E-state index contributed by atoms with van der Waals surface area (Å²) in [6.45, 7) is 3.38. The summed E-state index contributed by atoms with van der Waals surface area (Å²) in [4.78, 5) is 4.67. The molecule has 0 spiro atoms. The molecule has 0 saturated carbocycles. The average molecular weight is 234 g/mol. The number of ether oxygens (including phenoxy) is 1. The molecule has 3 heteroatoms. The zero-order valence-corrected chi connectivity index (χ0v) is 9.84. The van der Waals surface area contributed by atoms with Crippen molar-refractivity contribution in [1.82, 2.24) is 4.98 Å². The Morgan fingerprint density at radius 1 is 1.38 bits per heavy atom. The third kappa shape index (κ3) is 1.41. The molecule has 0 atom stereocenters. The molecule has 2 heterocycles. The van der Waals surface area contributed by atoms with E-state index in [4.69, 9.17) is 16.3 Å². The second-order valence-electron chi connectivity index (χ2n) is 4.12. The molecular weight excluding hydrogens is 222 g/mol. The van der Waals surface area contributed by atoms with Crippen LogP contribution in [0.3, 0.4) is 0 Å². The number of hydrogen-bond acceptors (Lipinski definition) is 2. The molecule has 2 aromatic rings. The summed E-state index contributed by atoms with van der Waals surface area (Å²) in [5.74, 6) is 0. The van der Waals surface area contributed by atoms with Crippen molar-refractivity contribution < 1.29 is 4.74 Å². The predicted molar refractivity (Wildman–Crippen MR) is 64.9 cm³/mol. The molecule has 1 aromatic heterocycles. The van der Waals surface area contributed by atoms with Crippen LogP contribution in [-0.4, -0.2) is 11.6 Å². The molecule has 2 nitrogen and oxygen atoms in total. The summed E-state index contributed by atoms with van der Waals surface area (Å²) in [6, 6.07) is 6.12. The molecule has 0 fully saturated rings. The number of halogens is 1. The predicted octanol–water partition coefficient (Wildman–Crippen LogP) is 3.27. The van der Waals surface area contributed by atoms with Gasteiger partial charge in [-0.25, -0.2) is 4.98 Å². The van der Waals surface area contributed by atoms with Crippen molar-refractivity contribution in [3.63, 3.8) is 0 Å². The molecule has 1 aromatic carbocycles. The average Bonchev–Trinajstić information content (AvgIpc) is 2.31. The van der Waals surface area contributed by atoms with Crippen molar-refractivity contribution >= 4 is 22.5 Å². The highest BCUT2D eigenvalue weighted by Crippen LogP contribution is 2.32. The minimum atomic E-state index is 0.583. The molecule has 0 amide bonds. The van der Waals surface area contributed by atoms with Crippen LogP contribution >= 0.6 is 11.6 Å². The summed E-state index contributed by atoms with van der Waals surface area (Å²) < 4.78 is 5.42. The van der Waals surface area contributed by atoms with Crippen LogP contribution in [0.4, 0.5) is 0 Å². The Morgan fingerprint density at radius 3 is 3.12 bits per heavy atom. The Balaban J connectivity index is 2.39. The van der Waals surface area contributed by atoms with E-state index in [1.165, 1.54) is 0 Å². The van der Waals surface area contributed by atoms with E-state index in [2.05, 4.69) is 18.0 Å². The molecule has 3 rings (SSSR count). The molecule has 0 aliphatic carbocycles. The molecule has 1 aliphatic heterocycles. The van der Waals surface area contributed by atoms with E-state index in [9.17, 15) is 0 Å². The lowest BCUT2D eigenvalue weighted by Crippen LogP contribution is -2.12. The number of benzene rings is 1. The summed E-state index contributed by atoms with van der Waals surface area (Å²) >= 11 is 6.44. The highest BCUT2D eigenvalue weighted by molar-refractivity contribution is 6.36. The molecule has 1 aliphatic rings. The molecule has 0 saturated heterocycles. The smallest absolute Gasteiger partial charge is 0.0891 e. The number of aryl methyl sites for hydroxylation is 1. The fourth-order valence-corrected chi connectivity index (χ4v) is 2.55. The highest BCUT2D eigenvalue weighted by atomic mass is 35.5. The maximum absolute atomic E-state index is 6.44. The largest absolute Gasteiger partial charge is 0.375 e. The van der Waals surface area contributed by atoms with Gasteiger partial charge in [0.05, 0.1) is 29.4 Å². The Hall–Kier alpha value is -1.12. The SMILES string of the molecule is Cc1cccc2c(Cl)c3c(nc12)COCC3. The van der Waals surface area contributed by atoms with Gasteiger partial charge in [-0.1, -0.05) is 29.8 Å². The van der Waals surface area contributed by atoms with Gasteiger partial charge in [0.2, 0.25) is 0 Å². The van der Waals surface area contributed by atoms with E-state index in [1.807, 2.05) is 12.1 Å². The van der Waals surface area contributed by atoms with Gasteiger partial charge in [0.1, 0.15) is 0 Å². The van der Waals surface area contributed by atoms with E-state index in [1.54, 1.807) is 0 Å². The third-order valence-electron chi connectivity index (χ3n) is 3.07. The maximum Gasteiger partial charge on any atom is 0.0891 e. The van der Waals surface area contributed by atoms with Gasteiger partial charge >= 0.3 is 0 Å². The van der Waals surface area contributed by atoms with Crippen LogP contribution in [0.2, 0.25) is 5.02 Å². The Labute approximate surface area is 99.2 Å². The van der Waals surface area contributed by atoms with Crippen molar-refractivity contribution in [3.8, 4) is 0 Å². The first-order valence-electron chi connectivity index (χ1n) is 5.41. The van der Waals surface area contributed by atoms with Crippen LogP contribution < -0.4 is 0 Å². The number of hydrogen-bond donors (Lipinski definition) is 0. The molecule has 82 valence electrons. The zero-order chi connectivity index (χ0) is 11.1. The van der Waals surface area contributed by atoms with Crippen LogP contribution in [0.15, 0.2) is 18.2 Å². The lowest BCUT2D eigenvalue weighted by Gasteiger charge is -2.18. The van der Waals surface area contributed by atoms with Gasteiger partial charge < -0.3 is 4.74 Å². The van der Waals surface area contributed by atoms with Crippen LogP contribution in [-0.2, 0) is 17.8 Å². The van der Waals surface area contributed by atoms with Gasteiger partial charge in [-0.15, -0.1) is 0 Å². The van der Waals surface area contributed by atoms with Gasteiger partial charge in [-0.05, 0) is 24.5 Å². The van der Waals surface area contributed by atoms with Crippen LogP contribution in [0.5, 0.6) is 0 Å². The zero-order valence-electron chi connectivity index (χ0n) is 9.09. The van der Waals surface area contributed by atoms with Crippen molar-refractivity contribution in [1.29, 1.82) is 0 Å². The molecular formula is C13H12ClNO. The monoisotopic (exact) mass is 233 g/mol. The lowest BCUT2D eigenvalue weighted by atomic mass is 10.0. The maximum atomic E-state index is 6.44. The van der Waals surface area contributed by atoms with E-state index in [0.717, 1.165) is 45.8 Å². The van der Waals surface area contributed by atoms with Crippen molar-refractivity contribution in [2.75, 3.05) is 6.61 Å². The van der Waals surface area contributed by atoms with Crippen molar-refractivity contribution in [2.45, 2.75) is 20.0 Å². The fourth-order valence-electron chi connectivity index (χ4n) is 2.19. The number of rotatable bonds is 0. The first-order valence-corrected chi connectivity index (χ1v) is 5.79. The quantitative estimate of drug-likeness (QED) is 0.697. The number of aromatic nitrogens is 1. The Bertz CT molecular complexity index is 565. The third-order valence-corrected chi connectivity index (χ3v) is 3.50. The van der Waals surface area contributed by atoms with E-state index in [0.29, 0.717) is 6.61 Å².